The minimum atomic E-state index is -0.174. The van der Waals surface area contributed by atoms with E-state index in [9.17, 15) is 4.39 Å². The highest BCUT2D eigenvalue weighted by atomic mass is 19.1. The van der Waals surface area contributed by atoms with Crippen molar-refractivity contribution < 1.29 is 13.9 Å². The van der Waals surface area contributed by atoms with Crippen molar-refractivity contribution in [2.24, 2.45) is 0 Å². The van der Waals surface area contributed by atoms with E-state index in [4.69, 9.17) is 9.47 Å². The minimum absolute atomic E-state index is 0.174. The Kier molecular flexibility index (Phi) is 6.41. The highest BCUT2D eigenvalue weighted by molar-refractivity contribution is 5.46. The third kappa shape index (κ3) is 4.45. The van der Waals surface area contributed by atoms with Gasteiger partial charge < -0.3 is 14.8 Å². The first-order valence-corrected chi connectivity index (χ1v) is 7.87. The molecule has 0 heterocycles. The zero-order chi connectivity index (χ0) is 16.7. The van der Waals surface area contributed by atoms with E-state index in [0.717, 1.165) is 42.0 Å². The van der Waals surface area contributed by atoms with E-state index in [2.05, 4.69) is 12.2 Å². The number of nitrogens with one attached hydrogen (secondary N) is 1. The maximum absolute atomic E-state index is 13.6. The number of hydrogen-bond acceptors (Lipinski definition) is 3. The predicted molar refractivity (Wildman–Crippen MR) is 90.7 cm³/mol. The first-order chi connectivity index (χ1) is 11.2. The molecule has 0 aliphatic heterocycles. The molecule has 0 unspecified atom stereocenters. The van der Waals surface area contributed by atoms with Crippen molar-refractivity contribution in [3.63, 3.8) is 0 Å². The van der Waals surface area contributed by atoms with Crippen LogP contribution < -0.4 is 14.8 Å². The fourth-order valence-electron chi connectivity index (χ4n) is 2.58. The molecule has 0 spiro atoms. The summed E-state index contributed by atoms with van der Waals surface area (Å²) in [7, 11) is 3.36. The van der Waals surface area contributed by atoms with Crippen LogP contribution in [0.3, 0.4) is 0 Å². The SMILES string of the molecule is CCc1cc(OC)c(CCNCc2ccccc2F)cc1OC. The molecule has 0 bridgehead atoms. The molecular formula is C19H24FNO2. The maximum atomic E-state index is 13.6. The Balaban J connectivity index is 1.98. The first-order valence-electron chi connectivity index (χ1n) is 7.87. The Morgan fingerprint density at radius 2 is 1.61 bits per heavy atom. The number of benzene rings is 2. The van der Waals surface area contributed by atoms with Crippen LogP contribution in [0.25, 0.3) is 0 Å². The topological polar surface area (TPSA) is 30.5 Å². The molecule has 0 fully saturated rings. The average molecular weight is 317 g/mol. The first kappa shape index (κ1) is 17.3. The number of rotatable bonds is 8. The smallest absolute Gasteiger partial charge is 0.127 e. The molecule has 0 amide bonds. The molecule has 124 valence electrons. The monoisotopic (exact) mass is 317 g/mol. The molecule has 1 N–H and O–H groups in total. The highest BCUT2D eigenvalue weighted by Gasteiger charge is 2.10. The lowest BCUT2D eigenvalue weighted by atomic mass is 10.0. The van der Waals surface area contributed by atoms with Gasteiger partial charge in [0, 0.05) is 12.1 Å². The Bertz CT molecular complexity index is 643. The summed E-state index contributed by atoms with van der Waals surface area (Å²) in [5, 5.41) is 3.27. The van der Waals surface area contributed by atoms with Crippen LogP contribution in [0.15, 0.2) is 36.4 Å². The zero-order valence-electron chi connectivity index (χ0n) is 14.0. The second kappa shape index (κ2) is 8.53. The highest BCUT2D eigenvalue weighted by Crippen LogP contribution is 2.29. The van der Waals surface area contributed by atoms with Gasteiger partial charge in [-0.3, -0.25) is 0 Å². The molecule has 0 atom stereocenters. The molecule has 0 aliphatic rings. The lowest BCUT2D eigenvalue weighted by molar-refractivity contribution is 0.394. The summed E-state index contributed by atoms with van der Waals surface area (Å²) in [5.41, 5.74) is 2.90. The van der Waals surface area contributed by atoms with Gasteiger partial charge in [-0.05, 0) is 48.7 Å². The Morgan fingerprint density at radius 1 is 0.957 bits per heavy atom. The van der Waals surface area contributed by atoms with Gasteiger partial charge in [0.05, 0.1) is 14.2 Å². The zero-order valence-corrected chi connectivity index (χ0v) is 14.0. The van der Waals surface area contributed by atoms with Crippen LogP contribution in [-0.4, -0.2) is 20.8 Å². The van der Waals surface area contributed by atoms with Crippen LogP contribution in [0.1, 0.15) is 23.6 Å². The predicted octanol–water partition coefficient (Wildman–Crippen LogP) is 3.74. The second-order valence-electron chi connectivity index (χ2n) is 5.35. The average Bonchev–Trinajstić information content (AvgIpc) is 2.59. The van der Waals surface area contributed by atoms with Crippen LogP contribution in [0.2, 0.25) is 0 Å². The number of halogens is 1. The minimum Gasteiger partial charge on any atom is -0.496 e. The van der Waals surface area contributed by atoms with E-state index in [0.29, 0.717) is 12.1 Å². The summed E-state index contributed by atoms with van der Waals surface area (Å²) in [6.07, 6.45) is 1.68. The van der Waals surface area contributed by atoms with Gasteiger partial charge in [-0.1, -0.05) is 25.1 Å². The summed E-state index contributed by atoms with van der Waals surface area (Å²) < 4.78 is 24.5. The summed E-state index contributed by atoms with van der Waals surface area (Å²) in [6, 6.07) is 10.9. The summed E-state index contributed by atoms with van der Waals surface area (Å²) in [4.78, 5) is 0. The van der Waals surface area contributed by atoms with Crippen LogP contribution >= 0.6 is 0 Å². The van der Waals surface area contributed by atoms with Gasteiger partial charge >= 0.3 is 0 Å². The molecule has 4 heteroatoms. The van der Waals surface area contributed by atoms with Crippen molar-refractivity contribution in [2.45, 2.75) is 26.3 Å². The number of ether oxygens (including phenoxy) is 2. The summed E-state index contributed by atoms with van der Waals surface area (Å²) in [5.74, 6) is 1.58. The quantitative estimate of drug-likeness (QED) is 0.752. The van der Waals surface area contributed by atoms with Gasteiger partial charge in [-0.15, -0.1) is 0 Å². The molecule has 3 nitrogen and oxygen atoms in total. The Labute approximate surface area is 137 Å². The second-order valence-corrected chi connectivity index (χ2v) is 5.35. The third-order valence-corrected chi connectivity index (χ3v) is 3.91. The molecule has 0 aliphatic carbocycles. The van der Waals surface area contributed by atoms with Crippen LogP contribution in [0.4, 0.5) is 4.39 Å². The Morgan fingerprint density at radius 3 is 2.26 bits per heavy atom. The van der Waals surface area contributed by atoms with E-state index in [-0.39, 0.29) is 5.82 Å². The van der Waals surface area contributed by atoms with Crippen molar-refractivity contribution in [1.82, 2.24) is 5.32 Å². The molecule has 0 aromatic heterocycles. The van der Waals surface area contributed by atoms with Gasteiger partial charge in [-0.25, -0.2) is 4.39 Å². The van der Waals surface area contributed by atoms with E-state index in [1.54, 1.807) is 26.4 Å². The van der Waals surface area contributed by atoms with E-state index < -0.39 is 0 Å². The van der Waals surface area contributed by atoms with Crippen molar-refractivity contribution >= 4 is 0 Å². The van der Waals surface area contributed by atoms with Gasteiger partial charge in [0.15, 0.2) is 0 Å². The number of methoxy groups -OCH3 is 2. The normalized spacial score (nSPS) is 10.6. The molecule has 2 aromatic rings. The van der Waals surface area contributed by atoms with Crippen molar-refractivity contribution in [3.05, 3.63) is 58.9 Å². The Hall–Kier alpha value is -2.07. The number of aryl methyl sites for hydroxylation is 1. The number of hydrogen-bond donors (Lipinski definition) is 1. The van der Waals surface area contributed by atoms with Crippen molar-refractivity contribution in [1.29, 1.82) is 0 Å². The molecule has 0 saturated heterocycles. The van der Waals surface area contributed by atoms with E-state index in [1.165, 1.54) is 6.07 Å². The standard InChI is InChI=1S/C19H24FNO2/c1-4-14-11-19(23-3)15(12-18(14)22-2)9-10-21-13-16-7-5-6-8-17(16)20/h5-8,11-12,21H,4,9-10,13H2,1-3H3. The van der Waals surface area contributed by atoms with Gasteiger partial charge in [0.25, 0.3) is 0 Å². The van der Waals surface area contributed by atoms with Gasteiger partial charge in [0.1, 0.15) is 17.3 Å². The van der Waals surface area contributed by atoms with E-state index in [1.807, 2.05) is 18.2 Å². The fraction of sp³-hybridized carbons (Fsp3) is 0.368. The largest absolute Gasteiger partial charge is 0.496 e. The lowest BCUT2D eigenvalue weighted by Gasteiger charge is -2.14. The van der Waals surface area contributed by atoms with E-state index >= 15 is 0 Å². The lowest BCUT2D eigenvalue weighted by Crippen LogP contribution is -2.17. The summed E-state index contributed by atoms with van der Waals surface area (Å²) >= 11 is 0. The third-order valence-electron chi connectivity index (χ3n) is 3.91. The molecule has 2 aromatic carbocycles. The van der Waals surface area contributed by atoms with Crippen LogP contribution in [-0.2, 0) is 19.4 Å². The molecule has 2 rings (SSSR count). The van der Waals surface area contributed by atoms with Gasteiger partial charge in [-0.2, -0.15) is 0 Å². The fourth-order valence-corrected chi connectivity index (χ4v) is 2.58. The van der Waals surface area contributed by atoms with Crippen molar-refractivity contribution in [2.75, 3.05) is 20.8 Å². The van der Waals surface area contributed by atoms with Crippen molar-refractivity contribution in [3.8, 4) is 11.5 Å². The summed E-state index contributed by atoms with van der Waals surface area (Å²) in [6.45, 7) is 3.34. The molecule has 23 heavy (non-hydrogen) atoms. The maximum Gasteiger partial charge on any atom is 0.127 e. The molecule has 0 radical (unpaired) electrons. The van der Waals surface area contributed by atoms with Crippen LogP contribution in [0.5, 0.6) is 11.5 Å². The van der Waals surface area contributed by atoms with Crippen LogP contribution in [0, 0.1) is 5.82 Å². The van der Waals surface area contributed by atoms with Gasteiger partial charge in [0.2, 0.25) is 0 Å². The molecular weight excluding hydrogens is 293 g/mol. The molecule has 0 saturated carbocycles.